The van der Waals surface area contributed by atoms with Gasteiger partial charge in [-0.2, -0.15) is 5.10 Å². The molecule has 1 saturated heterocycles. The van der Waals surface area contributed by atoms with Crippen molar-refractivity contribution in [3.63, 3.8) is 0 Å². The first-order valence-electron chi connectivity index (χ1n) is 7.65. The Balaban J connectivity index is 2.29. The molecule has 0 saturated carbocycles. The van der Waals surface area contributed by atoms with E-state index in [1.807, 2.05) is 11.7 Å². The molecule has 0 bridgehead atoms. The highest BCUT2D eigenvalue weighted by atomic mass is 79.9. The predicted octanol–water partition coefficient (Wildman–Crippen LogP) is 2.96. The monoisotopic (exact) mass is 357 g/mol. The van der Waals surface area contributed by atoms with Gasteiger partial charge in [-0.3, -0.25) is 14.4 Å². The molecule has 1 aliphatic heterocycles. The van der Waals surface area contributed by atoms with Gasteiger partial charge in [-0.05, 0) is 48.2 Å². The van der Waals surface area contributed by atoms with Crippen LogP contribution in [0.15, 0.2) is 4.47 Å². The van der Waals surface area contributed by atoms with E-state index in [0.29, 0.717) is 13.0 Å². The lowest BCUT2D eigenvalue weighted by atomic mass is 9.90. The van der Waals surface area contributed by atoms with Crippen molar-refractivity contribution >= 4 is 21.9 Å². The van der Waals surface area contributed by atoms with E-state index in [0.717, 1.165) is 48.1 Å². The van der Waals surface area contributed by atoms with E-state index in [1.165, 1.54) is 0 Å². The number of hydrogen-bond donors (Lipinski definition) is 1. The number of halogens is 1. The average molecular weight is 358 g/mol. The fraction of sp³-hybridized carbons (Fsp3) is 0.733. The highest BCUT2D eigenvalue weighted by Crippen LogP contribution is 2.36. The Bertz CT molecular complexity index is 529. The van der Waals surface area contributed by atoms with Crippen LogP contribution in [0.5, 0.6) is 0 Å². The number of nitrogens with zero attached hydrogens (tertiary/aromatic N) is 3. The molecule has 21 heavy (non-hydrogen) atoms. The van der Waals surface area contributed by atoms with Crippen molar-refractivity contribution in [3.8, 4) is 0 Å². The molecule has 1 N–H and O–H groups in total. The second-order valence-electron chi connectivity index (χ2n) is 5.80. The topological polar surface area (TPSA) is 58.4 Å². The molecule has 0 spiro atoms. The molecule has 0 aromatic carbocycles. The van der Waals surface area contributed by atoms with E-state index < -0.39 is 11.5 Å². The molecule has 5 nitrogen and oxygen atoms in total. The SMILES string of the molecule is CCCC1(C(=O)O)CCCN1Cc1c(Br)c(CC)nn1C. The number of carboxylic acid groups (broad SMARTS) is 1. The fourth-order valence-corrected chi connectivity index (χ4v) is 4.12. The number of aliphatic carboxylic acids is 1. The zero-order chi connectivity index (χ0) is 15.6. The van der Waals surface area contributed by atoms with E-state index in [4.69, 9.17) is 0 Å². The average Bonchev–Trinajstić information content (AvgIpc) is 2.96. The van der Waals surface area contributed by atoms with Crippen molar-refractivity contribution < 1.29 is 9.90 Å². The van der Waals surface area contributed by atoms with Crippen LogP contribution in [0.3, 0.4) is 0 Å². The minimum Gasteiger partial charge on any atom is -0.480 e. The van der Waals surface area contributed by atoms with Gasteiger partial charge in [0.2, 0.25) is 0 Å². The number of carbonyl (C=O) groups is 1. The quantitative estimate of drug-likeness (QED) is 0.850. The van der Waals surface area contributed by atoms with E-state index >= 15 is 0 Å². The molecular formula is C15H24BrN3O2. The predicted molar refractivity (Wildman–Crippen MR) is 85.2 cm³/mol. The van der Waals surface area contributed by atoms with E-state index in [1.54, 1.807) is 0 Å². The third-order valence-corrected chi connectivity index (χ3v) is 5.44. The number of aryl methyl sites for hydroxylation is 2. The molecular weight excluding hydrogens is 334 g/mol. The summed E-state index contributed by atoms with van der Waals surface area (Å²) in [5.41, 5.74) is 1.39. The molecule has 0 radical (unpaired) electrons. The molecule has 0 amide bonds. The first-order chi connectivity index (χ1) is 9.96. The number of hydrogen-bond acceptors (Lipinski definition) is 3. The first kappa shape index (κ1) is 16.5. The Morgan fingerprint density at radius 3 is 2.71 bits per heavy atom. The molecule has 6 heteroatoms. The fourth-order valence-electron chi connectivity index (χ4n) is 3.38. The molecule has 1 aliphatic rings. The maximum absolute atomic E-state index is 11.9. The van der Waals surface area contributed by atoms with Crippen LogP contribution in [0.2, 0.25) is 0 Å². The third kappa shape index (κ3) is 2.88. The Morgan fingerprint density at radius 2 is 2.19 bits per heavy atom. The summed E-state index contributed by atoms with van der Waals surface area (Å²) in [5, 5.41) is 14.3. The number of rotatable bonds is 6. The van der Waals surface area contributed by atoms with Gasteiger partial charge in [-0.15, -0.1) is 0 Å². The lowest BCUT2D eigenvalue weighted by Crippen LogP contribution is -2.50. The van der Waals surface area contributed by atoms with Crippen molar-refractivity contribution in [2.75, 3.05) is 6.54 Å². The van der Waals surface area contributed by atoms with Crippen LogP contribution in [0.1, 0.15) is 50.9 Å². The summed E-state index contributed by atoms with van der Waals surface area (Å²) in [6, 6.07) is 0. The summed E-state index contributed by atoms with van der Waals surface area (Å²) in [6.45, 7) is 5.60. The smallest absolute Gasteiger partial charge is 0.324 e. The van der Waals surface area contributed by atoms with Gasteiger partial charge in [-0.25, -0.2) is 0 Å². The maximum atomic E-state index is 11.9. The molecule has 1 aromatic rings. The highest BCUT2D eigenvalue weighted by molar-refractivity contribution is 9.10. The minimum atomic E-state index is -0.704. The van der Waals surface area contributed by atoms with Crippen LogP contribution in [0.25, 0.3) is 0 Å². The third-order valence-electron chi connectivity index (χ3n) is 4.53. The minimum absolute atomic E-state index is 0.635. The summed E-state index contributed by atoms with van der Waals surface area (Å²) in [6.07, 6.45) is 4.15. The zero-order valence-electron chi connectivity index (χ0n) is 13.0. The number of likely N-dealkylation sites (tertiary alicyclic amines) is 1. The van der Waals surface area contributed by atoms with Crippen LogP contribution < -0.4 is 0 Å². The summed E-state index contributed by atoms with van der Waals surface area (Å²) in [4.78, 5) is 14.0. The Hall–Kier alpha value is -0.880. The van der Waals surface area contributed by atoms with Gasteiger partial charge in [0.05, 0.1) is 15.9 Å². The molecule has 2 heterocycles. The summed E-state index contributed by atoms with van der Waals surface area (Å²) < 4.78 is 2.90. The molecule has 118 valence electrons. The molecule has 2 rings (SSSR count). The molecule has 0 aliphatic carbocycles. The van der Waals surface area contributed by atoms with Gasteiger partial charge in [0, 0.05) is 13.6 Å². The van der Waals surface area contributed by atoms with Gasteiger partial charge in [0.1, 0.15) is 5.54 Å². The Kier molecular flexibility index (Phi) is 5.09. The van der Waals surface area contributed by atoms with Gasteiger partial charge in [-0.1, -0.05) is 20.3 Å². The standard InChI is InChI=1S/C15H24BrN3O2/c1-4-7-15(14(20)21)8-6-9-19(15)10-12-13(16)11(5-2)17-18(12)3/h4-10H2,1-3H3,(H,20,21). The largest absolute Gasteiger partial charge is 0.480 e. The van der Waals surface area contributed by atoms with Crippen LogP contribution >= 0.6 is 15.9 Å². The van der Waals surface area contributed by atoms with Crippen molar-refractivity contribution in [2.24, 2.45) is 7.05 Å². The van der Waals surface area contributed by atoms with Crippen molar-refractivity contribution in [1.82, 2.24) is 14.7 Å². The van der Waals surface area contributed by atoms with Crippen LogP contribution in [0.4, 0.5) is 0 Å². The summed E-state index contributed by atoms with van der Waals surface area (Å²) in [5.74, 6) is -0.684. The normalized spacial score (nSPS) is 22.9. The lowest BCUT2D eigenvalue weighted by molar-refractivity contribution is -0.150. The molecule has 1 atom stereocenters. The summed E-state index contributed by atoms with van der Waals surface area (Å²) >= 11 is 3.63. The Morgan fingerprint density at radius 1 is 1.48 bits per heavy atom. The second-order valence-corrected chi connectivity index (χ2v) is 6.59. The van der Waals surface area contributed by atoms with E-state index in [2.05, 4.69) is 39.8 Å². The van der Waals surface area contributed by atoms with Crippen molar-refractivity contribution in [3.05, 3.63) is 15.9 Å². The van der Waals surface area contributed by atoms with Gasteiger partial charge < -0.3 is 5.11 Å². The van der Waals surface area contributed by atoms with E-state index in [9.17, 15) is 9.90 Å². The van der Waals surface area contributed by atoms with Crippen molar-refractivity contribution in [2.45, 2.75) is 58.0 Å². The van der Waals surface area contributed by atoms with Crippen molar-refractivity contribution in [1.29, 1.82) is 0 Å². The van der Waals surface area contributed by atoms with Crippen LogP contribution in [0, 0.1) is 0 Å². The summed E-state index contributed by atoms with van der Waals surface area (Å²) in [7, 11) is 1.93. The zero-order valence-corrected chi connectivity index (χ0v) is 14.6. The van der Waals surface area contributed by atoms with Gasteiger partial charge in [0.25, 0.3) is 0 Å². The first-order valence-corrected chi connectivity index (χ1v) is 8.44. The number of carboxylic acids is 1. The highest BCUT2D eigenvalue weighted by Gasteiger charge is 2.47. The lowest BCUT2D eigenvalue weighted by Gasteiger charge is -2.34. The van der Waals surface area contributed by atoms with Gasteiger partial charge in [0.15, 0.2) is 0 Å². The molecule has 1 aromatic heterocycles. The maximum Gasteiger partial charge on any atom is 0.324 e. The molecule has 1 fully saturated rings. The number of aromatic nitrogens is 2. The second kappa shape index (κ2) is 6.48. The van der Waals surface area contributed by atoms with Crippen LogP contribution in [-0.2, 0) is 24.8 Å². The van der Waals surface area contributed by atoms with E-state index in [-0.39, 0.29) is 0 Å². The van der Waals surface area contributed by atoms with Crippen LogP contribution in [-0.4, -0.2) is 37.8 Å². The Labute approximate surface area is 134 Å². The van der Waals surface area contributed by atoms with Gasteiger partial charge >= 0.3 is 5.97 Å². The molecule has 1 unspecified atom stereocenters.